The molecule has 1 atom stereocenters. The second-order valence-electron chi connectivity index (χ2n) is 12.5. The second-order valence-corrected chi connectivity index (χ2v) is 12.5. The summed E-state index contributed by atoms with van der Waals surface area (Å²) in [6.07, 6.45) is -2.95. The number of carbonyl (C=O) groups is 1. The third kappa shape index (κ3) is 6.84. The molecule has 10 nitrogen and oxygen atoms in total. The molecule has 0 spiro atoms. The lowest BCUT2D eigenvalue weighted by Gasteiger charge is -2.40. The number of hydrogen-bond acceptors (Lipinski definition) is 8. The van der Waals surface area contributed by atoms with E-state index >= 15 is 0 Å². The van der Waals surface area contributed by atoms with Crippen LogP contribution in [0.3, 0.4) is 0 Å². The van der Waals surface area contributed by atoms with Crippen LogP contribution >= 0.6 is 0 Å². The molecule has 14 heteroatoms. The summed E-state index contributed by atoms with van der Waals surface area (Å²) < 4.78 is 72.0. The van der Waals surface area contributed by atoms with Crippen LogP contribution in [0.15, 0.2) is 48.5 Å². The molecule has 0 unspecified atom stereocenters. The molecule has 1 aliphatic heterocycles. The van der Waals surface area contributed by atoms with Crippen molar-refractivity contribution in [3.63, 3.8) is 0 Å². The van der Waals surface area contributed by atoms with Crippen LogP contribution < -0.4 is 19.1 Å². The van der Waals surface area contributed by atoms with Gasteiger partial charge in [0.15, 0.2) is 0 Å². The third-order valence-electron chi connectivity index (χ3n) is 9.23. The Morgan fingerprint density at radius 3 is 2.46 bits per heavy atom. The molecule has 1 aliphatic carbocycles. The highest BCUT2D eigenvalue weighted by atomic mass is 19.4. The number of aromatic carboxylic acids is 1. The SMILES string of the molecule is COc1cc(C(F)(F)F)ccc1COc1cccc(N2CCN(Cc3nc4c(OC)cc(C(=O)O)cc4n3CC3(CF)CC3)[C@@H](C)C2)n1. The number of nitrogens with zero attached hydrogens (tertiary/aromatic N) is 5. The summed E-state index contributed by atoms with van der Waals surface area (Å²) in [5, 5.41) is 9.71. The predicted molar refractivity (Wildman–Crippen MR) is 170 cm³/mol. The number of pyridine rings is 1. The highest BCUT2D eigenvalue weighted by Gasteiger charge is 2.44. The van der Waals surface area contributed by atoms with Crippen LogP contribution in [0.5, 0.6) is 17.4 Å². The smallest absolute Gasteiger partial charge is 0.416 e. The number of hydrogen-bond donors (Lipinski definition) is 1. The zero-order valence-electron chi connectivity index (χ0n) is 26.9. The molecule has 2 aromatic heterocycles. The minimum Gasteiger partial charge on any atom is -0.496 e. The number of carboxylic acid groups (broad SMARTS) is 1. The minimum atomic E-state index is -4.48. The van der Waals surface area contributed by atoms with Crippen molar-refractivity contribution in [1.29, 1.82) is 0 Å². The summed E-state index contributed by atoms with van der Waals surface area (Å²) in [6, 6.07) is 11.8. The number of ether oxygens (including phenoxy) is 3. The Labute approximate surface area is 274 Å². The molecule has 0 amide bonds. The van der Waals surface area contributed by atoms with E-state index in [1.54, 1.807) is 12.1 Å². The maximum Gasteiger partial charge on any atom is 0.416 e. The fourth-order valence-electron chi connectivity index (χ4n) is 6.13. The predicted octanol–water partition coefficient (Wildman–Crippen LogP) is 6.20. The van der Waals surface area contributed by atoms with Crippen molar-refractivity contribution in [3.8, 4) is 17.4 Å². The maximum absolute atomic E-state index is 14.1. The monoisotopic (exact) mass is 671 g/mol. The molecular weight excluding hydrogens is 634 g/mol. The van der Waals surface area contributed by atoms with Gasteiger partial charge in [-0.3, -0.25) is 9.29 Å². The Bertz CT molecular complexity index is 1810. The van der Waals surface area contributed by atoms with Crippen molar-refractivity contribution < 1.29 is 41.7 Å². The first kappa shape index (κ1) is 33.3. The highest BCUT2D eigenvalue weighted by molar-refractivity contribution is 5.95. The van der Waals surface area contributed by atoms with Crippen LogP contribution in [0.2, 0.25) is 0 Å². The van der Waals surface area contributed by atoms with Gasteiger partial charge in [-0.1, -0.05) is 12.1 Å². The zero-order valence-corrected chi connectivity index (χ0v) is 26.9. The molecule has 48 heavy (non-hydrogen) atoms. The number of carboxylic acids is 1. The van der Waals surface area contributed by atoms with Gasteiger partial charge in [0.2, 0.25) is 5.88 Å². The van der Waals surface area contributed by atoms with E-state index < -0.39 is 29.8 Å². The lowest BCUT2D eigenvalue weighted by molar-refractivity contribution is -0.137. The van der Waals surface area contributed by atoms with Crippen LogP contribution in [-0.2, 0) is 25.9 Å². The van der Waals surface area contributed by atoms with Gasteiger partial charge in [0.1, 0.15) is 35.3 Å². The highest BCUT2D eigenvalue weighted by Crippen LogP contribution is 2.48. The molecule has 2 fully saturated rings. The number of methoxy groups -OCH3 is 2. The van der Waals surface area contributed by atoms with Gasteiger partial charge in [0.05, 0.1) is 44.1 Å². The van der Waals surface area contributed by atoms with Gasteiger partial charge >= 0.3 is 12.1 Å². The van der Waals surface area contributed by atoms with E-state index in [1.807, 2.05) is 16.7 Å². The average Bonchev–Trinajstić information content (AvgIpc) is 3.78. The number of imidazole rings is 1. The number of alkyl halides is 4. The van der Waals surface area contributed by atoms with Crippen LogP contribution in [0.4, 0.5) is 23.4 Å². The first-order chi connectivity index (χ1) is 22.9. The van der Waals surface area contributed by atoms with E-state index in [0.29, 0.717) is 66.8 Å². The summed E-state index contributed by atoms with van der Waals surface area (Å²) in [5.41, 5.74) is 0.442. The van der Waals surface area contributed by atoms with Gasteiger partial charge in [-0.2, -0.15) is 18.2 Å². The van der Waals surface area contributed by atoms with Crippen molar-refractivity contribution in [2.75, 3.05) is 45.4 Å². The number of anilines is 1. The number of piperazine rings is 1. The van der Waals surface area contributed by atoms with Crippen molar-refractivity contribution in [1.82, 2.24) is 19.4 Å². The molecular formula is C34H37F4N5O5. The van der Waals surface area contributed by atoms with Crippen molar-refractivity contribution in [3.05, 3.63) is 71.0 Å². The molecule has 4 aromatic rings. The average molecular weight is 672 g/mol. The van der Waals surface area contributed by atoms with Gasteiger partial charge in [-0.05, 0) is 50.1 Å². The Hall–Kier alpha value is -4.59. The second kappa shape index (κ2) is 13.1. The Morgan fingerprint density at radius 2 is 1.81 bits per heavy atom. The van der Waals surface area contributed by atoms with Crippen LogP contribution in [0, 0.1) is 5.41 Å². The van der Waals surface area contributed by atoms with E-state index in [4.69, 9.17) is 19.2 Å². The summed E-state index contributed by atoms with van der Waals surface area (Å²) in [5.74, 6) is 1.11. The van der Waals surface area contributed by atoms with E-state index in [2.05, 4.69) is 21.7 Å². The Morgan fingerprint density at radius 1 is 1.04 bits per heavy atom. The minimum absolute atomic E-state index is 0.0224. The fraction of sp³-hybridized carbons (Fsp3) is 0.441. The number of aromatic nitrogens is 3. The number of halogens is 4. The molecule has 1 N–H and O–H groups in total. The molecule has 256 valence electrons. The molecule has 1 saturated heterocycles. The van der Waals surface area contributed by atoms with E-state index in [9.17, 15) is 27.5 Å². The van der Waals surface area contributed by atoms with E-state index in [1.165, 1.54) is 26.4 Å². The largest absolute Gasteiger partial charge is 0.496 e. The third-order valence-corrected chi connectivity index (χ3v) is 9.23. The lowest BCUT2D eigenvalue weighted by Crippen LogP contribution is -2.52. The first-order valence-electron chi connectivity index (χ1n) is 15.6. The summed E-state index contributed by atoms with van der Waals surface area (Å²) >= 11 is 0. The molecule has 2 aromatic carbocycles. The summed E-state index contributed by atoms with van der Waals surface area (Å²) in [7, 11) is 2.79. The van der Waals surface area contributed by atoms with Crippen LogP contribution in [0.25, 0.3) is 11.0 Å². The molecule has 0 radical (unpaired) electrons. The Kier molecular flexibility index (Phi) is 9.12. The number of fused-ring (bicyclic) bond motifs is 1. The van der Waals surface area contributed by atoms with Crippen molar-refractivity contribution in [2.45, 2.75) is 51.7 Å². The molecule has 1 saturated carbocycles. The summed E-state index contributed by atoms with van der Waals surface area (Å²) in [4.78, 5) is 25.8. The quantitative estimate of drug-likeness (QED) is 0.176. The molecule has 6 rings (SSSR count). The van der Waals surface area contributed by atoms with Gasteiger partial charge in [0.25, 0.3) is 0 Å². The topological polar surface area (TPSA) is 102 Å². The zero-order chi connectivity index (χ0) is 34.2. The molecule has 2 aliphatic rings. The van der Waals surface area contributed by atoms with E-state index in [-0.39, 0.29) is 24.0 Å². The Balaban J connectivity index is 1.16. The summed E-state index contributed by atoms with van der Waals surface area (Å²) in [6.45, 7) is 4.47. The molecule has 0 bridgehead atoms. The molecule has 3 heterocycles. The van der Waals surface area contributed by atoms with Gasteiger partial charge in [-0.25, -0.2) is 9.78 Å². The first-order valence-corrected chi connectivity index (χ1v) is 15.6. The van der Waals surface area contributed by atoms with Gasteiger partial charge in [0, 0.05) is 49.3 Å². The standard InChI is InChI=1S/C34H37F4N5O5/c1-21-16-42(28-5-4-6-30(39-28)48-18-22-7-8-24(34(36,37)38)15-26(22)46-2)12-11-41(21)17-29-40-31-25(43(29)20-33(19-35)9-10-33)13-23(32(44)45)14-27(31)47-3/h4-8,13-15,21H,9-12,16-20H2,1-3H3,(H,44,45)/t21-/m0/s1. The van der Waals surface area contributed by atoms with Crippen molar-refractivity contribution in [2.24, 2.45) is 5.41 Å². The normalized spacial score (nSPS) is 17.8. The number of rotatable bonds is 12. The van der Waals surface area contributed by atoms with E-state index in [0.717, 1.165) is 30.8 Å². The van der Waals surface area contributed by atoms with Gasteiger partial charge < -0.3 is 28.8 Å². The fourth-order valence-corrected chi connectivity index (χ4v) is 6.13. The van der Waals surface area contributed by atoms with Gasteiger partial charge in [-0.15, -0.1) is 0 Å². The number of benzene rings is 2. The van der Waals surface area contributed by atoms with Crippen LogP contribution in [0.1, 0.15) is 47.1 Å². The van der Waals surface area contributed by atoms with Crippen LogP contribution in [-0.4, -0.2) is 77.1 Å². The maximum atomic E-state index is 14.1. The lowest BCUT2D eigenvalue weighted by atomic mass is 10.1. The van der Waals surface area contributed by atoms with Crippen molar-refractivity contribution >= 4 is 22.8 Å².